The molecule has 0 saturated heterocycles. The lowest BCUT2D eigenvalue weighted by atomic mass is 9.76. The number of thioether (sulfide) groups is 1. The van der Waals surface area contributed by atoms with Crippen molar-refractivity contribution in [2.24, 2.45) is 5.73 Å². The zero-order valence-corrected chi connectivity index (χ0v) is 22.8. The number of rotatable bonds is 6. The lowest BCUT2D eigenvalue weighted by Crippen LogP contribution is -2.38. The second kappa shape index (κ2) is 11.0. The maximum atomic E-state index is 13.2. The third-order valence-corrected chi connectivity index (χ3v) is 8.59. The number of halogens is 1. The van der Waals surface area contributed by atoms with Crippen LogP contribution in [-0.4, -0.2) is 27.6 Å². The fourth-order valence-electron chi connectivity index (χ4n) is 4.72. The van der Waals surface area contributed by atoms with Crippen LogP contribution in [0.5, 0.6) is 0 Å². The van der Waals surface area contributed by atoms with E-state index in [4.69, 9.17) is 17.3 Å². The Bertz CT molecular complexity index is 1540. The van der Waals surface area contributed by atoms with E-state index in [9.17, 15) is 14.9 Å². The van der Waals surface area contributed by atoms with E-state index >= 15 is 0 Å². The number of ketones is 1. The van der Waals surface area contributed by atoms with Gasteiger partial charge >= 0.3 is 0 Å². The highest BCUT2D eigenvalue weighted by Crippen LogP contribution is 2.47. The minimum Gasteiger partial charge on any atom is -0.384 e. The molecule has 3 N–H and O–H groups in total. The predicted molar refractivity (Wildman–Crippen MR) is 150 cm³/mol. The van der Waals surface area contributed by atoms with Crippen LogP contribution < -0.4 is 16.0 Å². The van der Waals surface area contributed by atoms with Crippen molar-refractivity contribution in [2.45, 2.75) is 36.4 Å². The van der Waals surface area contributed by atoms with Crippen molar-refractivity contribution in [1.82, 2.24) is 10.2 Å². The summed E-state index contributed by atoms with van der Waals surface area (Å²) in [4.78, 5) is 27.4. The summed E-state index contributed by atoms with van der Waals surface area (Å²) in [5.41, 5.74) is 10.7. The summed E-state index contributed by atoms with van der Waals surface area (Å²) in [5, 5.41) is 22.5. The van der Waals surface area contributed by atoms with E-state index in [1.807, 2.05) is 37.3 Å². The topological polar surface area (TPSA) is 125 Å². The van der Waals surface area contributed by atoms with Crippen molar-refractivity contribution in [3.05, 3.63) is 87.3 Å². The number of Topliss-reactive ketones (excluding diaryl/α,β-unsaturated/α-hetero) is 1. The summed E-state index contributed by atoms with van der Waals surface area (Å²) >= 11 is 8.76. The van der Waals surface area contributed by atoms with Gasteiger partial charge < -0.3 is 11.1 Å². The van der Waals surface area contributed by atoms with Crippen LogP contribution in [0.1, 0.15) is 36.3 Å². The maximum Gasteiger partial charge on any atom is 0.234 e. The molecule has 38 heavy (non-hydrogen) atoms. The largest absolute Gasteiger partial charge is 0.384 e. The first-order valence-electron chi connectivity index (χ1n) is 11.9. The fourth-order valence-corrected chi connectivity index (χ4v) is 6.60. The first kappa shape index (κ1) is 26.0. The van der Waals surface area contributed by atoms with Gasteiger partial charge in [-0.3, -0.25) is 14.5 Å². The molecule has 192 valence electrons. The number of allylic oxidation sites excluding steroid dienone is 3. The van der Waals surface area contributed by atoms with E-state index in [2.05, 4.69) is 21.6 Å². The van der Waals surface area contributed by atoms with Crippen molar-refractivity contribution < 1.29 is 9.59 Å². The second-order valence-corrected chi connectivity index (χ2v) is 11.5. The standard InChI is InChI=1S/C27H23ClN6O2S2/c1-15-5-2-8-18(11-15)31-22(36)14-37-27-33-32-26(38-27)34-20-9-4-10-21(35)24(20)23(19(13-29)25(34)30)16-6-3-7-17(28)12-16/h2-3,5-8,11-12,23H,4,9-10,14,30H2,1H3,(H,31,36). The summed E-state index contributed by atoms with van der Waals surface area (Å²) in [6, 6.07) is 17.0. The number of nitrogens with two attached hydrogens (primary N) is 1. The number of anilines is 2. The molecule has 3 aromatic rings. The maximum absolute atomic E-state index is 13.2. The zero-order valence-electron chi connectivity index (χ0n) is 20.4. The number of hydrogen-bond acceptors (Lipinski definition) is 9. The first-order chi connectivity index (χ1) is 18.4. The molecule has 0 fully saturated rings. The number of hydrogen-bond donors (Lipinski definition) is 2. The molecule has 2 heterocycles. The van der Waals surface area contributed by atoms with Gasteiger partial charge in [0.05, 0.1) is 23.3 Å². The Morgan fingerprint density at radius 1 is 1.26 bits per heavy atom. The van der Waals surface area contributed by atoms with E-state index in [1.165, 1.54) is 23.1 Å². The average molecular weight is 563 g/mol. The number of carbonyl (C=O) groups excluding carboxylic acids is 2. The van der Waals surface area contributed by atoms with Gasteiger partial charge in [0.25, 0.3) is 0 Å². The van der Waals surface area contributed by atoms with Crippen LogP contribution in [0.25, 0.3) is 0 Å². The van der Waals surface area contributed by atoms with Crippen LogP contribution in [0.4, 0.5) is 10.8 Å². The Balaban J connectivity index is 1.42. The Hall–Kier alpha value is -3.65. The molecule has 1 unspecified atom stereocenters. The van der Waals surface area contributed by atoms with Crippen LogP contribution in [0, 0.1) is 18.3 Å². The number of carbonyl (C=O) groups is 2. The van der Waals surface area contributed by atoms with E-state index < -0.39 is 5.92 Å². The number of amides is 1. The van der Waals surface area contributed by atoms with Crippen LogP contribution in [0.15, 0.2) is 75.5 Å². The third-order valence-electron chi connectivity index (χ3n) is 6.31. The Morgan fingerprint density at radius 2 is 2.08 bits per heavy atom. The van der Waals surface area contributed by atoms with E-state index in [1.54, 1.807) is 23.1 Å². The zero-order chi connectivity index (χ0) is 26.8. The molecule has 0 spiro atoms. The van der Waals surface area contributed by atoms with Crippen molar-refractivity contribution in [2.75, 3.05) is 16.0 Å². The molecule has 1 amide bonds. The number of benzene rings is 2. The molecular weight excluding hydrogens is 540 g/mol. The minimum absolute atomic E-state index is 0.0200. The number of nitrogens with one attached hydrogen (secondary N) is 1. The molecule has 1 aliphatic heterocycles. The average Bonchev–Trinajstić information content (AvgIpc) is 3.35. The van der Waals surface area contributed by atoms with Gasteiger partial charge in [-0.2, -0.15) is 5.26 Å². The quantitative estimate of drug-likeness (QED) is 0.375. The summed E-state index contributed by atoms with van der Waals surface area (Å²) in [5.74, 6) is -0.400. The third kappa shape index (κ3) is 5.18. The van der Waals surface area contributed by atoms with Gasteiger partial charge in [-0.25, -0.2) is 0 Å². The van der Waals surface area contributed by atoms with Crippen LogP contribution in [0.3, 0.4) is 0 Å². The molecular formula is C27H23ClN6O2S2. The molecule has 11 heteroatoms. The minimum atomic E-state index is -0.593. The summed E-state index contributed by atoms with van der Waals surface area (Å²) in [6.45, 7) is 1.96. The molecule has 8 nitrogen and oxygen atoms in total. The Labute approximate surface area is 233 Å². The SMILES string of the molecule is Cc1cccc(NC(=O)CSc2nnc(N3C(N)=C(C#N)C(c4cccc(Cl)c4)C4=C3CCCC4=O)s2)c1. The molecule has 1 aromatic heterocycles. The van der Waals surface area contributed by atoms with Crippen molar-refractivity contribution in [1.29, 1.82) is 5.26 Å². The molecule has 0 saturated carbocycles. The van der Waals surface area contributed by atoms with Crippen LogP contribution >= 0.6 is 34.7 Å². The first-order valence-corrected chi connectivity index (χ1v) is 14.1. The lowest BCUT2D eigenvalue weighted by molar-refractivity contribution is -0.116. The normalized spacial score (nSPS) is 17.3. The molecule has 0 radical (unpaired) electrons. The molecule has 0 bridgehead atoms. The molecule has 1 aliphatic carbocycles. The van der Waals surface area contributed by atoms with Gasteiger partial charge in [0.2, 0.25) is 11.0 Å². The Kier molecular flexibility index (Phi) is 7.51. The predicted octanol–water partition coefficient (Wildman–Crippen LogP) is 5.54. The van der Waals surface area contributed by atoms with Gasteiger partial charge in [-0.15, -0.1) is 10.2 Å². The van der Waals surface area contributed by atoms with Gasteiger partial charge in [-0.05, 0) is 55.2 Å². The van der Waals surface area contributed by atoms with Crippen molar-refractivity contribution in [3.8, 4) is 6.07 Å². The van der Waals surface area contributed by atoms with Crippen molar-refractivity contribution in [3.63, 3.8) is 0 Å². The molecule has 1 atom stereocenters. The van der Waals surface area contributed by atoms with Gasteiger partial charge in [0.1, 0.15) is 5.82 Å². The highest BCUT2D eigenvalue weighted by molar-refractivity contribution is 8.01. The summed E-state index contributed by atoms with van der Waals surface area (Å²) in [6.07, 6.45) is 1.68. The highest BCUT2D eigenvalue weighted by Gasteiger charge is 2.41. The Morgan fingerprint density at radius 3 is 2.84 bits per heavy atom. The second-order valence-electron chi connectivity index (χ2n) is 8.93. The van der Waals surface area contributed by atoms with Gasteiger partial charge in [-0.1, -0.05) is 59.0 Å². The lowest BCUT2D eigenvalue weighted by Gasteiger charge is -2.38. The fraction of sp³-hybridized carbons (Fsp3) is 0.222. The number of aromatic nitrogens is 2. The van der Waals surface area contributed by atoms with Crippen LogP contribution in [0.2, 0.25) is 5.02 Å². The van der Waals surface area contributed by atoms with Gasteiger partial charge in [0, 0.05) is 28.4 Å². The number of nitriles is 1. The number of aryl methyl sites for hydroxylation is 1. The van der Waals surface area contributed by atoms with E-state index in [0.29, 0.717) is 39.3 Å². The molecule has 2 aromatic carbocycles. The van der Waals surface area contributed by atoms with E-state index in [-0.39, 0.29) is 28.8 Å². The van der Waals surface area contributed by atoms with E-state index in [0.717, 1.165) is 22.5 Å². The van der Waals surface area contributed by atoms with Crippen LogP contribution in [-0.2, 0) is 9.59 Å². The number of nitrogens with zero attached hydrogens (tertiary/aromatic N) is 4. The highest BCUT2D eigenvalue weighted by atomic mass is 35.5. The molecule has 2 aliphatic rings. The summed E-state index contributed by atoms with van der Waals surface area (Å²) in [7, 11) is 0. The smallest absolute Gasteiger partial charge is 0.234 e. The molecule has 5 rings (SSSR count). The monoisotopic (exact) mass is 562 g/mol. The van der Waals surface area contributed by atoms with Gasteiger partial charge in [0.15, 0.2) is 10.1 Å². The van der Waals surface area contributed by atoms with Crippen molar-refractivity contribution >= 4 is 57.2 Å². The summed E-state index contributed by atoms with van der Waals surface area (Å²) < 4.78 is 0.576.